The van der Waals surface area contributed by atoms with Crippen molar-refractivity contribution >= 4 is 65.7 Å². The Kier molecular flexibility index (Phi) is 5.92. The topological polar surface area (TPSA) is 66.4 Å². The third-order valence-corrected chi connectivity index (χ3v) is 6.95. The van der Waals surface area contributed by atoms with Crippen LogP contribution >= 0.6 is 30.3 Å². The van der Waals surface area contributed by atoms with E-state index in [0.29, 0.717) is 10.6 Å². The Morgan fingerprint density at radius 3 is 2.78 bits per heavy atom. The summed E-state index contributed by atoms with van der Waals surface area (Å²) >= 11 is 7.49. The van der Waals surface area contributed by atoms with E-state index in [4.69, 9.17) is 11.6 Å². The van der Waals surface area contributed by atoms with Crippen LogP contribution in [0, 0.1) is 0 Å². The van der Waals surface area contributed by atoms with Gasteiger partial charge in [0.2, 0.25) is 13.3 Å². The molecule has 0 radical (unpaired) electrons. The lowest BCUT2D eigenvalue weighted by Crippen LogP contribution is -2.25. The lowest BCUT2D eigenvalue weighted by Gasteiger charge is -2.18. The predicted molar refractivity (Wildman–Crippen MR) is 117 cm³/mol. The fourth-order valence-corrected chi connectivity index (χ4v) is 5.40. The molecule has 4 nitrogen and oxygen atoms in total. The summed E-state index contributed by atoms with van der Waals surface area (Å²) in [6.07, 6.45) is 3.28. The number of benzene rings is 2. The molecule has 0 saturated heterocycles. The summed E-state index contributed by atoms with van der Waals surface area (Å²) in [5.41, 5.74) is 1.39. The Hall–Kier alpha value is -1.85. The number of thiophene rings is 1. The molecule has 2 unspecified atom stereocenters. The number of carbonyl (C=O) groups is 1. The van der Waals surface area contributed by atoms with Crippen molar-refractivity contribution in [1.82, 2.24) is 5.32 Å². The molecule has 0 aliphatic rings. The van der Waals surface area contributed by atoms with E-state index in [2.05, 4.69) is 5.32 Å². The second-order valence-electron chi connectivity index (χ2n) is 6.38. The second-order valence-corrected chi connectivity index (χ2v) is 10.1. The van der Waals surface area contributed by atoms with Gasteiger partial charge in [-0.2, -0.15) is 0 Å². The smallest absolute Gasteiger partial charge is 0.241 e. The summed E-state index contributed by atoms with van der Waals surface area (Å²) in [5, 5.41) is 5.65. The molecule has 2 atom stereocenters. The van der Waals surface area contributed by atoms with Gasteiger partial charge in [-0.3, -0.25) is 9.36 Å². The van der Waals surface area contributed by atoms with E-state index < -0.39 is 18.9 Å². The van der Waals surface area contributed by atoms with Crippen LogP contribution in [0.4, 0.5) is 0 Å². The zero-order valence-corrected chi connectivity index (χ0v) is 17.3. The van der Waals surface area contributed by atoms with E-state index >= 15 is 0 Å². The maximum absolute atomic E-state index is 12.8. The molecular weight excluding hydrogens is 400 g/mol. The number of hydrogen-bond donors (Lipinski definition) is 2. The van der Waals surface area contributed by atoms with Crippen LogP contribution in [0.1, 0.15) is 16.8 Å². The molecule has 0 bridgehead atoms. The van der Waals surface area contributed by atoms with Gasteiger partial charge in [0.1, 0.15) is 13.5 Å². The van der Waals surface area contributed by atoms with Crippen LogP contribution in [0.3, 0.4) is 0 Å². The summed E-state index contributed by atoms with van der Waals surface area (Å²) in [6.45, 7) is 1.20. The van der Waals surface area contributed by atoms with Gasteiger partial charge in [-0.25, -0.2) is 0 Å². The first-order valence-electron chi connectivity index (χ1n) is 8.26. The minimum Gasteiger partial charge on any atom is -0.344 e. The SMILES string of the molecule is Bc1ccccc1/C=C/NC(=O)C(c1csc2ccc(Cl)cc12)P(C)(=O)O. The largest absolute Gasteiger partial charge is 0.344 e. The zero-order valence-electron chi connectivity index (χ0n) is 14.8. The van der Waals surface area contributed by atoms with Crippen LogP contribution in [-0.2, 0) is 9.36 Å². The van der Waals surface area contributed by atoms with E-state index in [9.17, 15) is 14.3 Å². The summed E-state index contributed by atoms with van der Waals surface area (Å²) < 4.78 is 13.4. The normalized spacial score (nSPS) is 14.9. The number of carbonyl (C=O) groups excluding carboxylic acids is 1. The average molecular weight is 418 g/mol. The van der Waals surface area contributed by atoms with Crippen LogP contribution in [0.5, 0.6) is 0 Å². The van der Waals surface area contributed by atoms with Gasteiger partial charge < -0.3 is 10.2 Å². The summed E-state index contributed by atoms with van der Waals surface area (Å²) in [7, 11) is -1.77. The predicted octanol–water partition coefficient (Wildman–Crippen LogP) is 3.54. The van der Waals surface area contributed by atoms with Gasteiger partial charge in [-0.05, 0) is 46.2 Å². The van der Waals surface area contributed by atoms with Crippen molar-refractivity contribution in [3.8, 4) is 0 Å². The fourth-order valence-electron chi connectivity index (χ4n) is 2.92. The fraction of sp³-hybridized carbons (Fsp3) is 0.105. The van der Waals surface area contributed by atoms with Crippen LogP contribution in [0.15, 0.2) is 54.0 Å². The van der Waals surface area contributed by atoms with Gasteiger partial charge in [-0.1, -0.05) is 41.3 Å². The third kappa shape index (κ3) is 4.53. The van der Waals surface area contributed by atoms with E-state index in [0.717, 1.165) is 21.1 Å². The Labute approximate surface area is 167 Å². The summed E-state index contributed by atoms with van der Waals surface area (Å²) in [4.78, 5) is 23.0. The van der Waals surface area contributed by atoms with Gasteiger partial charge >= 0.3 is 0 Å². The van der Waals surface area contributed by atoms with Crippen LogP contribution < -0.4 is 10.8 Å². The maximum atomic E-state index is 12.8. The molecule has 1 heterocycles. The molecule has 1 aromatic heterocycles. The minimum absolute atomic E-state index is 0.518. The van der Waals surface area contributed by atoms with Crippen molar-refractivity contribution in [1.29, 1.82) is 0 Å². The summed E-state index contributed by atoms with van der Waals surface area (Å²) in [5.74, 6) is -0.521. The highest BCUT2D eigenvalue weighted by Gasteiger charge is 2.36. The molecule has 2 aromatic carbocycles. The number of rotatable bonds is 5. The van der Waals surface area contributed by atoms with Gasteiger partial charge in [-0.15, -0.1) is 11.3 Å². The highest BCUT2D eigenvalue weighted by atomic mass is 35.5. The van der Waals surface area contributed by atoms with Gasteiger partial charge in [0.05, 0.1) is 0 Å². The second kappa shape index (κ2) is 8.03. The standard InChI is InChI=1S/C19H18BClNO3PS/c1-26(24,25)18(15-11-27-17-7-6-13(21)10-14(15)17)19(23)22-9-8-12-4-2-3-5-16(12)20/h2-11,18H,20H2,1H3,(H,22,23)(H,24,25)/b9-8+. The Bertz CT molecular complexity index is 1080. The Balaban J connectivity index is 1.91. The average Bonchev–Trinajstić information content (AvgIpc) is 2.98. The van der Waals surface area contributed by atoms with Gasteiger partial charge in [0, 0.05) is 22.6 Å². The van der Waals surface area contributed by atoms with Crippen LogP contribution in [-0.4, -0.2) is 25.3 Å². The van der Waals surface area contributed by atoms with Gasteiger partial charge in [0.15, 0.2) is 0 Å². The first kappa shape index (κ1) is 19.9. The zero-order chi connectivity index (χ0) is 19.6. The van der Waals surface area contributed by atoms with E-state index in [1.54, 1.807) is 23.6 Å². The highest BCUT2D eigenvalue weighted by Crippen LogP contribution is 2.54. The number of nitrogens with one attached hydrogen (secondary N) is 1. The monoisotopic (exact) mass is 417 g/mol. The minimum atomic E-state index is -3.74. The lowest BCUT2D eigenvalue weighted by molar-refractivity contribution is -0.120. The number of halogens is 1. The Morgan fingerprint density at radius 1 is 1.33 bits per heavy atom. The quantitative estimate of drug-likeness (QED) is 0.493. The molecule has 0 fully saturated rings. The van der Waals surface area contributed by atoms with E-state index in [1.807, 2.05) is 38.2 Å². The molecule has 27 heavy (non-hydrogen) atoms. The maximum Gasteiger partial charge on any atom is 0.241 e. The third-order valence-electron chi connectivity index (χ3n) is 4.26. The number of hydrogen-bond acceptors (Lipinski definition) is 3. The van der Waals surface area contributed by atoms with Crippen molar-refractivity contribution in [3.63, 3.8) is 0 Å². The molecule has 0 spiro atoms. The number of amides is 1. The molecule has 3 aromatic rings. The summed E-state index contributed by atoms with van der Waals surface area (Å²) in [6, 6.07) is 13.1. The Morgan fingerprint density at radius 2 is 2.07 bits per heavy atom. The molecule has 1 amide bonds. The number of fused-ring (bicyclic) bond motifs is 1. The van der Waals surface area contributed by atoms with Crippen molar-refractivity contribution in [2.45, 2.75) is 5.66 Å². The molecule has 138 valence electrons. The van der Waals surface area contributed by atoms with Crippen molar-refractivity contribution in [2.24, 2.45) is 0 Å². The van der Waals surface area contributed by atoms with Crippen molar-refractivity contribution < 1.29 is 14.3 Å². The molecule has 3 rings (SSSR count). The first-order chi connectivity index (χ1) is 12.8. The lowest BCUT2D eigenvalue weighted by atomic mass is 9.91. The molecule has 0 saturated carbocycles. The van der Waals surface area contributed by atoms with E-state index in [-0.39, 0.29) is 0 Å². The van der Waals surface area contributed by atoms with Crippen LogP contribution in [0.25, 0.3) is 16.2 Å². The van der Waals surface area contributed by atoms with Gasteiger partial charge in [0.25, 0.3) is 0 Å². The van der Waals surface area contributed by atoms with E-state index in [1.165, 1.54) is 24.2 Å². The molecule has 0 aliphatic heterocycles. The van der Waals surface area contributed by atoms with Crippen molar-refractivity contribution in [2.75, 3.05) is 6.66 Å². The molecular formula is C19H18BClNO3PS. The molecule has 0 aliphatic carbocycles. The van der Waals surface area contributed by atoms with Crippen molar-refractivity contribution in [3.05, 3.63) is 70.2 Å². The highest BCUT2D eigenvalue weighted by molar-refractivity contribution is 7.58. The first-order valence-corrected chi connectivity index (χ1v) is 11.7. The molecule has 2 N–H and O–H groups in total. The molecule has 8 heteroatoms. The van der Waals surface area contributed by atoms with Crippen LogP contribution in [0.2, 0.25) is 5.02 Å².